The smallest absolute Gasteiger partial charge is 0.306 e. The molecule has 1 unspecified atom stereocenters. The summed E-state index contributed by atoms with van der Waals surface area (Å²) in [5.41, 5.74) is 0.0309. The number of aliphatic hydroxyl groups excluding tert-OH is 1. The quantitative estimate of drug-likeness (QED) is 0.750. The molecule has 136 valence electrons. The van der Waals surface area contributed by atoms with Gasteiger partial charge >= 0.3 is 5.97 Å². The molecular formula is C20H32O4. The fraction of sp³-hybridized carbons (Fsp3) is 0.850. The lowest BCUT2D eigenvalue weighted by Crippen LogP contribution is -2.62. The lowest BCUT2D eigenvalue weighted by molar-refractivity contribution is -0.210. The van der Waals surface area contributed by atoms with Crippen molar-refractivity contribution in [3.8, 4) is 0 Å². The highest BCUT2D eigenvalue weighted by Gasteiger charge is 2.65. The average molecular weight is 336 g/mol. The summed E-state index contributed by atoms with van der Waals surface area (Å²) in [4.78, 5) is 11.3. The molecule has 1 spiro atoms. The molecule has 2 aliphatic carbocycles. The molecule has 2 N–H and O–H groups in total. The van der Waals surface area contributed by atoms with Crippen molar-refractivity contribution < 1.29 is 19.7 Å². The van der Waals surface area contributed by atoms with Crippen molar-refractivity contribution >= 4 is 5.97 Å². The monoisotopic (exact) mass is 336 g/mol. The molecule has 0 radical (unpaired) electrons. The van der Waals surface area contributed by atoms with E-state index in [-0.39, 0.29) is 23.4 Å². The van der Waals surface area contributed by atoms with Crippen LogP contribution in [0.3, 0.4) is 0 Å². The highest BCUT2D eigenvalue weighted by Crippen LogP contribution is 2.66. The zero-order chi connectivity index (χ0) is 18.0. The van der Waals surface area contributed by atoms with E-state index in [4.69, 9.17) is 4.74 Å². The number of ether oxygens (including phenoxy) is 1. The van der Waals surface area contributed by atoms with E-state index in [0.29, 0.717) is 5.92 Å². The van der Waals surface area contributed by atoms with Crippen LogP contribution in [0.15, 0.2) is 11.6 Å². The van der Waals surface area contributed by atoms with E-state index >= 15 is 0 Å². The van der Waals surface area contributed by atoms with E-state index in [2.05, 4.69) is 33.8 Å². The van der Waals surface area contributed by atoms with Crippen LogP contribution in [0.25, 0.3) is 0 Å². The van der Waals surface area contributed by atoms with E-state index in [0.717, 1.165) is 32.1 Å². The minimum absolute atomic E-state index is 0.0504. The van der Waals surface area contributed by atoms with Crippen LogP contribution in [0, 0.1) is 16.7 Å². The van der Waals surface area contributed by atoms with Gasteiger partial charge < -0.3 is 14.9 Å². The zero-order valence-corrected chi connectivity index (χ0v) is 15.7. The van der Waals surface area contributed by atoms with Gasteiger partial charge in [-0.15, -0.1) is 0 Å². The lowest BCUT2D eigenvalue weighted by Gasteiger charge is -2.62. The van der Waals surface area contributed by atoms with E-state index in [1.807, 2.05) is 6.92 Å². The van der Waals surface area contributed by atoms with Crippen LogP contribution in [0.1, 0.15) is 73.1 Å². The van der Waals surface area contributed by atoms with Gasteiger partial charge in [-0.05, 0) is 62.9 Å². The molecule has 0 aromatic carbocycles. The molecule has 1 aliphatic heterocycles. The largest absolute Gasteiger partial charge is 0.481 e. The number of carboxylic acids is 1. The summed E-state index contributed by atoms with van der Waals surface area (Å²) in [6.07, 6.45) is 6.37. The van der Waals surface area contributed by atoms with E-state index in [9.17, 15) is 15.0 Å². The minimum Gasteiger partial charge on any atom is -0.481 e. The van der Waals surface area contributed by atoms with Gasteiger partial charge in [-0.25, -0.2) is 0 Å². The summed E-state index contributed by atoms with van der Waals surface area (Å²) in [7, 11) is 0. The number of rotatable bonds is 2. The van der Waals surface area contributed by atoms with Crippen molar-refractivity contribution in [2.24, 2.45) is 16.7 Å². The minimum atomic E-state index is -0.798. The Bertz CT molecular complexity index is 580. The van der Waals surface area contributed by atoms with Gasteiger partial charge in [0.1, 0.15) is 0 Å². The van der Waals surface area contributed by atoms with Crippen molar-refractivity contribution in [3.63, 3.8) is 0 Å². The Morgan fingerprint density at radius 3 is 2.54 bits per heavy atom. The second kappa shape index (κ2) is 5.31. The first kappa shape index (κ1) is 17.9. The molecule has 5 atom stereocenters. The molecule has 2 fully saturated rings. The topological polar surface area (TPSA) is 66.8 Å². The molecule has 3 rings (SSSR count). The molecule has 4 nitrogen and oxygen atoms in total. The predicted octanol–water partition coefficient (Wildman–Crippen LogP) is 3.92. The number of hydrogen-bond donors (Lipinski definition) is 2. The van der Waals surface area contributed by atoms with Gasteiger partial charge in [-0.1, -0.05) is 26.8 Å². The highest BCUT2D eigenvalue weighted by molar-refractivity contribution is 5.68. The molecule has 0 aromatic heterocycles. The number of aliphatic hydroxyl groups is 1. The van der Waals surface area contributed by atoms with Crippen molar-refractivity contribution in [1.82, 2.24) is 0 Å². The molecule has 1 heterocycles. The SMILES string of the molecule is CC1=CC[C@H]2C(C)(C)[C@@H](O)CC[C@]2(C)[C@@]12CCC(C)(CC(=O)O)O2. The van der Waals surface area contributed by atoms with Crippen molar-refractivity contribution in [2.45, 2.75) is 90.4 Å². The average Bonchev–Trinajstić information content (AvgIpc) is 2.80. The van der Waals surface area contributed by atoms with Gasteiger partial charge in [0.25, 0.3) is 0 Å². The standard InChI is InChI=1S/C20H32O4/c1-13-6-7-14-17(2,3)15(21)8-9-19(14,5)20(13)11-10-18(4,24-20)12-16(22)23/h6,14-15,21H,7-12H2,1-5H3,(H,22,23)/t14-,15-,18?,19-,20+/m0/s1. The zero-order valence-electron chi connectivity index (χ0n) is 15.7. The first-order chi connectivity index (χ1) is 11.0. The molecular weight excluding hydrogens is 304 g/mol. The molecule has 4 heteroatoms. The normalized spacial score (nSPS) is 47.3. The summed E-state index contributed by atoms with van der Waals surface area (Å²) in [6, 6.07) is 0. The first-order valence-electron chi connectivity index (χ1n) is 9.24. The van der Waals surface area contributed by atoms with Crippen molar-refractivity contribution in [2.75, 3.05) is 0 Å². The highest BCUT2D eigenvalue weighted by atomic mass is 16.5. The summed E-state index contributed by atoms with van der Waals surface area (Å²) in [5.74, 6) is -0.460. The third-order valence-electron chi connectivity index (χ3n) is 7.63. The van der Waals surface area contributed by atoms with Crippen molar-refractivity contribution in [3.05, 3.63) is 11.6 Å². The Hall–Kier alpha value is -0.870. The van der Waals surface area contributed by atoms with Gasteiger partial charge in [-0.2, -0.15) is 0 Å². The maximum atomic E-state index is 11.3. The van der Waals surface area contributed by atoms with E-state index in [1.54, 1.807) is 0 Å². The van der Waals surface area contributed by atoms with Gasteiger partial charge in [0.05, 0.1) is 23.7 Å². The number of carboxylic acid groups (broad SMARTS) is 1. The van der Waals surface area contributed by atoms with Crippen LogP contribution in [0.2, 0.25) is 0 Å². The third-order valence-corrected chi connectivity index (χ3v) is 7.63. The molecule has 1 saturated carbocycles. The number of aliphatic carboxylic acids is 1. The van der Waals surface area contributed by atoms with Gasteiger partial charge in [-0.3, -0.25) is 4.79 Å². The molecule has 0 amide bonds. The van der Waals surface area contributed by atoms with Crippen LogP contribution in [0.4, 0.5) is 0 Å². The van der Waals surface area contributed by atoms with E-state index < -0.39 is 17.2 Å². The Morgan fingerprint density at radius 1 is 1.25 bits per heavy atom. The van der Waals surface area contributed by atoms with Gasteiger partial charge in [0.2, 0.25) is 0 Å². The Morgan fingerprint density at radius 2 is 1.92 bits per heavy atom. The summed E-state index contributed by atoms with van der Waals surface area (Å²) >= 11 is 0. The lowest BCUT2D eigenvalue weighted by atomic mass is 9.46. The van der Waals surface area contributed by atoms with Crippen molar-refractivity contribution in [1.29, 1.82) is 0 Å². The molecule has 3 aliphatic rings. The fourth-order valence-corrected chi connectivity index (χ4v) is 6.08. The molecule has 0 aromatic rings. The summed E-state index contributed by atoms with van der Waals surface area (Å²) in [6.45, 7) is 10.7. The third kappa shape index (κ3) is 2.29. The van der Waals surface area contributed by atoms with Crippen LogP contribution >= 0.6 is 0 Å². The Kier molecular flexibility index (Phi) is 3.97. The Labute approximate surface area is 145 Å². The van der Waals surface area contributed by atoms with E-state index in [1.165, 1.54) is 5.57 Å². The van der Waals surface area contributed by atoms with Crippen LogP contribution < -0.4 is 0 Å². The maximum Gasteiger partial charge on any atom is 0.306 e. The van der Waals surface area contributed by atoms with Crippen LogP contribution in [-0.2, 0) is 9.53 Å². The number of fused-ring (bicyclic) bond motifs is 2. The number of hydrogen-bond acceptors (Lipinski definition) is 3. The summed E-state index contributed by atoms with van der Waals surface area (Å²) in [5, 5.41) is 19.8. The summed E-state index contributed by atoms with van der Waals surface area (Å²) < 4.78 is 6.67. The predicted molar refractivity (Wildman–Crippen MR) is 92.7 cm³/mol. The molecule has 24 heavy (non-hydrogen) atoms. The van der Waals surface area contributed by atoms with Crippen LogP contribution in [-0.4, -0.2) is 33.5 Å². The van der Waals surface area contributed by atoms with Gasteiger partial charge in [0.15, 0.2) is 0 Å². The maximum absolute atomic E-state index is 11.3. The number of carbonyl (C=O) groups is 1. The number of allylic oxidation sites excluding steroid dienone is 1. The van der Waals surface area contributed by atoms with Crippen LogP contribution in [0.5, 0.6) is 0 Å². The molecule has 1 saturated heterocycles. The second-order valence-electron chi connectivity index (χ2n) is 9.42. The first-order valence-corrected chi connectivity index (χ1v) is 9.24. The second-order valence-corrected chi connectivity index (χ2v) is 9.42. The fourth-order valence-electron chi connectivity index (χ4n) is 6.08. The Balaban J connectivity index is 2.03. The van der Waals surface area contributed by atoms with Gasteiger partial charge in [0, 0.05) is 5.41 Å². The molecule has 0 bridgehead atoms.